The van der Waals surface area contributed by atoms with E-state index in [-0.39, 0.29) is 5.78 Å². The summed E-state index contributed by atoms with van der Waals surface area (Å²) in [6.45, 7) is 8.78. The molecule has 0 aliphatic heterocycles. The topological polar surface area (TPSA) is 96.0 Å². The molecule has 3 aromatic rings. The Bertz CT molecular complexity index is 1030. The fourth-order valence-electron chi connectivity index (χ4n) is 2.91. The van der Waals surface area contributed by atoms with Crippen molar-refractivity contribution in [2.45, 2.75) is 44.2 Å². The van der Waals surface area contributed by atoms with Gasteiger partial charge in [-0.3, -0.25) is 9.89 Å². The third-order valence-corrected chi connectivity index (χ3v) is 5.36. The lowest BCUT2D eigenvalue weighted by Gasteiger charge is -2.22. The molecular weight excluding hydrogens is 412 g/mol. The SMILES string of the molecule is CCOc1c(Nc2cc(C)[nH]n2)nc(Sc2ccc(CC(C)=O)cc2)nc1N(C)CC. The van der Waals surface area contributed by atoms with Crippen LogP contribution < -0.4 is 15.0 Å². The van der Waals surface area contributed by atoms with Gasteiger partial charge >= 0.3 is 0 Å². The van der Waals surface area contributed by atoms with E-state index in [4.69, 9.17) is 14.7 Å². The zero-order valence-electron chi connectivity index (χ0n) is 18.5. The quantitative estimate of drug-likeness (QED) is 0.448. The van der Waals surface area contributed by atoms with E-state index in [9.17, 15) is 4.79 Å². The van der Waals surface area contributed by atoms with Crippen LogP contribution in [0.15, 0.2) is 40.4 Å². The minimum absolute atomic E-state index is 0.145. The Labute approximate surface area is 186 Å². The number of aromatic nitrogens is 4. The van der Waals surface area contributed by atoms with Gasteiger partial charge in [-0.25, -0.2) is 9.97 Å². The molecule has 2 heterocycles. The summed E-state index contributed by atoms with van der Waals surface area (Å²) >= 11 is 1.46. The molecule has 0 aliphatic carbocycles. The summed E-state index contributed by atoms with van der Waals surface area (Å²) in [5.41, 5.74) is 1.94. The molecule has 0 aliphatic rings. The van der Waals surface area contributed by atoms with Gasteiger partial charge in [0.2, 0.25) is 5.75 Å². The number of hydrogen-bond acceptors (Lipinski definition) is 8. The first-order chi connectivity index (χ1) is 14.9. The van der Waals surface area contributed by atoms with E-state index < -0.39 is 0 Å². The number of nitrogens with zero attached hydrogens (tertiary/aromatic N) is 4. The number of aromatic amines is 1. The highest BCUT2D eigenvalue weighted by molar-refractivity contribution is 7.99. The standard InChI is InChI=1S/C22H28N6O2S/c1-6-28(5)21-19(30-7-2)20(23-18-12-14(3)26-27-18)24-22(25-21)31-17-10-8-16(9-11-17)13-15(4)29/h8-12H,6-7,13H2,1-5H3,(H2,23,24,25,26,27). The summed E-state index contributed by atoms with van der Waals surface area (Å²) in [5.74, 6) is 2.67. The molecule has 2 N–H and O–H groups in total. The fraction of sp³-hybridized carbons (Fsp3) is 0.364. The van der Waals surface area contributed by atoms with E-state index in [2.05, 4.69) is 22.4 Å². The van der Waals surface area contributed by atoms with E-state index in [0.29, 0.717) is 41.4 Å². The summed E-state index contributed by atoms with van der Waals surface area (Å²) in [4.78, 5) is 23.8. The van der Waals surface area contributed by atoms with Crippen molar-refractivity contribution >= 4 is 35.0 Å². The first-order valence-electron chi connectivity index (χ1n) is 10.2. The Hall–Kier alpha value is -3.07. The molecule has 0 unspecified atom stereocenters. The number of nitrogens with one attached hydrogen (secondary N) is 2. The number of ether oxygens (including phenoxy) is 1. The van der Waals surface area contributed by atoms with Crippen LogP contribution in [-0.2, 0) is 11.2 Å². The Morgan fingerprint density at radius 2 is 1.97 bits per heavy atom. The van der Waals surface area contributed by atoms with Gasteiger partial charge in [0.25, 0.3) is 0 Å². The van der Waals surface area contributed by atoms with Crippen LogP contribution in [0.25, 0.3) is 0 Å². The second kappa shape index (κ2) is 10.3. The number of Topliss-reactive ketones (excluding diaryl/α,β-unsaturated/α-hetero) is 1. The van der Waals surface area contributed by atoms with E-state index >= 15 is 0 Å². The zero-order valence-corrected chi connectivity index (χ0v) is 19.3. The van der Waals surface area contributed by atoms with Gasteiger partial charge in [0.1, 0.15) is 5.78 Å². The van der Waals surface area contributed by atoms with Crippen molar-refractivity contribution in [1.82, 2.24) is 20.2 Å². The Kier molecular flexibility index (Phi) is 7.51. The number of ketones is 1. The van der Waals surface area contributed by atoms with Gasteiger partial charge in [-0.1, -0.05) is 12.1 Å². The van der Waals surface area contributed by atoms with E-state index in [1.54, 1.807) is 6.92 Å². The van der Waals surface area contributed by atoms with Crippen LogP contribution in [-0.4, -0.2) is 46.1 Å². The van der Waals surface area contributed by atoms with Gasteiger partial charge in [0.05, 0.1) is 6.61 Å². The van der Waals surface area contributed by atoms with Gasteiger partial charge in [-0.2, -0.15) is 5.10 Å². The maximum absolute atomic E-state index is 11.3. The predicted molar refractivity (Wildman–Crippen MR) is 124 cm³/mol. The summed E-state index contributed by atoms with van der Waals surface area (Å²) < 4.78 is 5.92. The molecular formula is C22H28N6O2S. The second-order valence-electron chi connectivity index (χ2n) is 7.14. The molecule has 3 rings (SSSR count). The minimum atomic E-state index is 0.145. The first-order valence-corrected chi connectivity index (χ1v) is 11.0. The van der Waals surface area contributed by atoms with Crippen molar-refractivity contribution in [3.8, 4) is 5.75 Å². The molecule has 0 bridgehead atoms. The number of benzene rings is 1. The number of aryl methyl sites for hydroxylation is 1. The normalized spacial score (nSPS) is 10.7. The van der Waals surface area contributed by atoms with Crippen LogP contribution in [0.3, 0.4) is 0 Å². The van der Waals surface area contributed by atoms with Crippen molar-refractivity contribution < 1.29 is 9.53 Å². The molecule has 0 atom stereocenters. The van der Waals surface area contributed by atoms with Crippen molar-refractivity contribution in [1.29, 1.82) is 0 Å². The lowest BCUT2D eigenvalue weighted by molar-refractivity contribution is -0.116. The van der Waals surface area contributed by atoms with Crippen molar-refractivity contribution in [2.24, 2.45) is 0 Å². The molecule has 9 heteroatoms. The zero-order chi connectivity index (χ0) is 22.4. The van der Waals surface area contributed by atoms with Gasteiger partial charge in [0, 0.05) is 36.7 Å². The highest BCUT2D eigenvalue weighted by Gasteiger charge is 2.20. The number of H-pyrrole nitrogens is 1. The third-order valence-electron chi connectivity index (χ3n) is 4.49. The monoisotopic (exact) mass is 440 g/mol. The average molecular weight is 441 g/mol. The average Bonchev–Trinajstić information content (AvgIpc) is 3.14. The molecule has 0 amide bonds. The molecule has 1 aromatic carbocycles. The molecule has 0 saturated carbocycles. The van der Waals surface area contributed by atoms with Crippen molar-refractivity contribution in [3.05, 3.63) is 41.6 Å². The van der Waals surface area contributed by atoms with Crippen molar-refractivity contribution in [3.63, 3.8) is 0 Å². The predicted octanol–water partition coefficient (Wildman–Crippen LogP) is 4.39. The highest BCUT2D eigenvalue weighted by Crippen LogP contribution is 2.37. The lowest BCUT2D eigenvalue weighted by atomic mass is 10.1. The third kappa shape index (κ3) is 5.97. The molecule has 0 spiro atoms. The number of carbonyl (C=O) groups is 1. The van der Waals surface area contributed by atoms with Crippen LogP contribution in [0.4, 0.5) is 17.5 Å². The Morgan fingerprint density at radius 1 is 1.23 bits per heavy atom. The van der Waals surface area contributed by atoms with Gasteiger partial charge in [-0.15, -0.1) is 0 Å². The van der Waals surface area contributed by atoms with Gasteiger partial charge in [-0.05, 0) is 57.2 Å². The molecule has 2 aromatic heterocycles. The molecule has 0 fully saturated rings. The fourth-order valence-corrected chi connectivity index (χ4v) is 3.66. The summed E-state index contributed by atoms with van der Waals surface area (Å²) in [5, 5.41) is 11.0. The number of rotatable bonds is 10. The number of hydrogen-bond donors (Lipinski definition) is 2. The van der Waals surface area contributed by atoms with Gasteiger partial charge in [0.15, 0.2) is 22.6 Å². The molecule has 0 saturated heterocycles. The maximum atomic E-state index is 11.3. The van der Waals surface area contributed by atoms with Crippen molar-refractivity contribution in [2.75, 3.05) is 30.4 Å². The molecule has 164 valence electrons. The van der Waals surface area contributed by atoms with Gasteiger partial charge < -0.3 is 15.0 Å². The molecule has 8 nitrogen and oxygen atoms in total. The minimum Gasteiger partial charge on any atom is -0.487 e. The van der Waals surface area contributed by atoms with Crippen LogP contribution in [0.1, 0.15) is 32.0 Å². The molecule has 0 radical (unpaired) electrons. The number of carbonyl (C=O) groups excluding carboxylic acids is 1. The van der Waals surface area contributed by atoms with Crippen LogP contribution in [0.2, 0.25) is 0 Å². The lowest BCUT2D eigenvalue weighted by Crippen LogP contribution is -2.20. The van der Waals surface area contributed by atoms with E-state index in [1.807, 2.05) is 56.1 Å². The molecule has 31 heavy (non-hydrogen) atoms. The van der Waals surface area contributed by atoms with E-state index in [0.717, 1.165) is 22.7 Å². The maximum Gasteiger partial charge on any atom is 0.205 e. The van der Waals surface area contributed by atoms with Crippen LogP contribution in [0, 0.1) is 6.92 Å². The van der Waals surface area contributed by atoms with E-state index in [1.165, 1.54) is 11.8 Å². The smallest absolute Gasteiger partial charge is 0.205 e. The summed E-state index contributed by atoms with van der Waals surface area (Å²) in [6.07, 6.45) is 0.438. The largest absolute Gasteiger partial charge is 0.487 e. The Balaban J connectivity index is 1.96. The van der Waals surface area contributed by atoms with Crippen LogP contribution >= 0.6 is 11.8 Å². The summed E-state index contributed by atoms with van der Waals surface area (Å²) in [7, 11) is 1.97. The second-order valence-corrected chi connectivity index (χ2v) is 8.18. The van der Waals surface area contributed by atoms with Crippen LogP contribution in [0.5, 0.6) is 5.75 Å². The highest BCUT2D eigenvalue weighted by atomic mass is 32.2. The first kappa shape index (κ1) is 22.6. The summed E-state index contributed by atoms with van der Waals surface area (Å²) in [6, 6.07) is 9.79. The number of anilines is 3. The Morgan fingerprint density at radius 3 is 2.55 bits per heavy atom.